The third kappa shape index (κ3) is 21.8. The van der Waals surface area contributed by atoms with E-state index in [9.17, 15) is 52.0 Å². The van der Waals surface area contributed by atoms with E-state index in [0.717, 1.165) is 69.1 Å². The lowest BCUT2D eigenvalue weighted by Crippen LogP contribution is -2.67. The van der Waals surface area contributed by atoms with E-state index in [2.05, 4.69) is 19.2 Å². The Bertz CT molecular complexity index is 1690. The molecule has 1 aliphatic heterocycles. The lowest BCUT2D eigenvalue weighted by molar-refractivity contribution is -0.156. The third-order valence-corrected chi connectivity index (χ3v) is 14.0. The number of nitrogens with two attached hydrogens (primary N) is 1. The van der Waals surface area contributed by atoms with Gasteiger partial charge in [-0.15, -0.1) is 0 Å². The minimum absolute atomic E-state index is 0.0294. The highest BCUT2D eigenvalue weighted by atomic mass is 32.2. The molecule has 0 aliphatic carbocycles. The van der Waals surface area contributed by atoms with Crippen LogP contribution in [-0.4, -0.2) is 95.1 Å². The molecule has 384 valence electrons. The van der Waals surface area contributed by atoms with Crippen LogP contribution in [-0.2, 0) is 44.2 Å². The van der Waals surface area contributed by atoms with Gasteiger partial charge < -0.3 is 25.4 Å². The monoisotopic (exact) mass is 968 g/mol. The van der Waals surface area contributed by atoms with Crippen LogP contribution >= 0.6 is 0 Å². The maximum absolute atomic E-state index is 13.3. The van der Waals surface area contributed by atoms with Crippen molar-refractivity contribution in [3.8, 4) is 0 Å². The number of carbonyl (C=O) groups excluding carboxylic acids is 4. The normalized spacial score (nSPS) is 16.2. The molecule has 1 aromatic carbocycles. The van der Waals surface area contributed by atoms with Gasteiger partial charge in [0.05, 0.1) is 18.6 Å². The van der Waals surface area contributed by atoms with Crippen LogP contribution in [0.5, 0.6) is 0 Å². The summed E-state index contributed by atoms with van der Waals surface area (Å²) >= 11 is 0. The van der Waals surface area contributed by atoms with Crippen LogP contribution in [0.2, 0.25) is 0 Å². The first kappa shape index (κ1) is 60.9. The summed E-state index contributed by atoms with van der Waals surface area (Å²) in [6.45, 7) is 8.24. The number of urea groups is 1. The van der Waals surface area contributed by atoms with Gasteiger partial charge >= 0.3 is 24.1 Å². The van der Waals surface area contributed by atoms with Gasteiger partial charge in [-0.3, -0.25) is 33.9 Å². The highest BCUT2D eigenvalue weighted by molar-refractivity contribution is 7.87. The standard InChI is InChI=1S/C30H58O7S.C20H27N3O6/c1-3-5-7-9-11-13-15-17-19-21-23-25-30(29(33)34,27(28(31)32)38(35,36)37)26-24-22-20-18-16-14-12-10-8-6-4-2;1-3-5-11-28-13-15(29-18(21)26)12-23-17(25)20(4-2,16(24)22-19(23)27)14-9-7-6-8-10-14/h27H,3-26H2,1-2H3,(H,31,32)(H,33,34)(H,35,36,37);6-10,15H,3-5,11-13H2,1-2H3,(H2,21,26)(H,22,24,27). The number of barbiturate groups is 1. The van der Waals surface area contributed by atoms with Crippen molar-refractivity contribution < 1.29 is 61.4 Å². The van der Waals surface area contributed by atoms with Crippen LogP contribution in [0.25, 0.3) is 0 Å². The number of carboxylic acids is 2. The van der Waals surface area contributed by atoms with Crippen LogP contribution in [0.4, 0.5) is 9.59 Å². The van der Waals surface area contributed by atoms with Crippen molar-refractivity contribution in [2.75, 3.05) is 19.8 Å². The van der Waals surface area contributed by atoms with E-state index in [4.69, 9.17) is 15.2 Å². The number of nitrogens with one attached hydrogen (secondary N) is 1. The topological polar surface area (TPSA) is 257 Å². The molecule has 3 atom stereocenters. The number of amides is 5. The fourth-order valence-corrected chi connectivity index (χ4v) is 10.0. The summed E-state index contributed by atoms with van der Waals surface area (Å²) in [4.78, 5) is 74.9. The zero-order chi connectivity index (χ0) is 50.1. The van der Waals surface area contributed by atoms with Gasteiger partial charge in [-0.05, 0) is 31.2 Å². The Balaban J connectivity index is 0.000000692. The van der Waals surface area contributed by atoms with Gasteiger partial charge in [0.2, 0.25) is 5.91 Å². The number of imide groups is 2. The number of hydrogen-bond donors (Lipinski definition) is 5. The first-order valence-corrected chi connectivity index (χ1v) is 26.7. The van der Waals surface area contributed by atoms with Crippen molar-refractivity contribution in [1.82, 2.24) is 10.2 Å². The Hall–Kier alpha value is -4.09. The predicted octanol–water partition coefficient (Wildman–Crippen LogP) is 10.5. The van der Waals surface area contributed by atoms with Gasteiger partial charge in [-0.1, -0.05) is 206 Å². The van der Waals surface area contributed by atoms with Gasteiger partial charge in [0.25, 0.3) is 16.0 Å². The zero-order valence-corrected chi connectivity index (χ0v) is 41.9. The van der Waals surface area contributed by atoms with E-state index in [1.54, 1.807) is 37.3 Å². The second-order valence-corrected chi connectivity index (χ2v) is 19.6. The molecule has 3 unspecified atom stereocenters. The number of unbranched alkanes of at least 4 members (excludes halogenated alkanes) is 21. The molecule has 0 saturated carbocycles. The molecule has 1 aromatic rings. The van der Waals surface area contributed by atoms with E-state index in [-0.39, 0.29) is 32.4 Å². The highest BCUT2D eigenvalue weighted by Crippen LogP contribution is 2.40. The van der Waals surface area contributed by atoms with Crippen molar-refractivity contribution >= 4 is 46.0 Å². The average molecular weight is 968 g/mol. The van der Waals surface area contributed by atoms with Crippen LogP contribution < -0.4 is 11.1 Å². The molecule has 5 amide bonds. The Labute approximate surface area is 401 Å². The molecule has 1 heterocycles. The molecule has 1 fully saturated rings. The number of ether oxygens (including phenoxy) is 2. The van der Waals surface area contributed by atoms with Crippen LogP contribution in [0.1, 0.15) is 207 Å². The third-order valence-electron chi connectivity index (χ3n) is 12.8. The van der Waals surface area contributed by atoms with Crippen molar-refractivity contribution in [3.63, 3.8) is 0 Å². The van der Waals surface area contributed by atoms with Crippen molar-refractivity contribution in [2.45, 2.75) is 218 Å². The smallest absolute Gasteiger partial charge is 0.404 e. The Kier molecular flexibility index (Phi) is 31.1. The van der Waals surface area contributed by atoms with E-state index in [1.165, 1.54) is 77.0 Å². The Morgan fingerprint density at radius 3 is 1.51 bits per heavy atom. The lowest BCUT2D eigenvalue weighted by Gasteiger charge is -2.39. The quantitative estimate of drug-likeness (QED) is 0.0235. The minimum Gasteiger partial charge on any atom is -0.481 e. The molecular formula is C50H85N3O13S. The highest BCUT2D eigenvalue weighted by Gasteiger charge is 2.56. The van der Waals surface area contributed by atoms with Gasteiger partial charge in [0.15, 0.2) is 10.7 Å². The maximum atomic E-state index is 13.3. The molecule has 0 bridgehead atoms. The lowest BCUT2D eigenvalue weighted by atomic mass is 9.74. The average Bonchev–Trinajstić information content (AvgIpc) is 3.27. The largest absolute Gasteiger partial charge is 0.481 e. The first-order chi connectivity index (χ1) is 32.0. The molecule has 6 N–H and O–H groups in total. The zero-order valence-electron chi connectivity index (χ0n) is 41.1. The molecule has 67 heavy (non-hydrogen) atoms. The summed E-state index contributed by atoms with van der Waals surface area (Å²) in [5.41, 5.74) is 2.03. The summed E-state index contributed by atoms with van der Waals surface area (Å²) < 4.78 is 44.3. The molecule has 2 rings (SSSR count). The number of aliphatic carboxylic acids is 2. The number of rotatable bonds is 38. The molecule has 1 aliphatic rings. The molecule has 17 heteroatoms. The van der Waals surface area contributed by atoms with Crippen LogP contribution in [0, 0.1) is 5.41 Å². The second kappa shape index (κ2) is 34.2. The number of nitrogens with zero attached hydrogens (tertiary/aromatic N) is 1. The number of primary amides is 1. The number of carbonyl (C=O) groups is 6. The predicted molar refractivity (Wildman–Crippen MR) is 259 cm³/mol. The fraction of sp³-hybridized carbons (Fsp3) is 0.760. The van der Waals surface area contributed by atoms with Crippen LogP contribution in [0.15, 0.2) is 30.3 Å². The van der Waals surface area contributed by atoms with Crippen molar-refractivity contribution in [3.05, 3.63) is 35.9 Å². The Morgan fingerprint density at radius 1 is 0.701 bits per heavy atom. The summed E-state index contributed by atoms with van der Waals surface area (Å²) in [7, 11) is -5.08. The maximum Gasteiger partial charge on any atom is 0.404 e. The SMILES string of the molecule is CCCCCCCCCCCCCC(CCCCCCCCCCCCC)(C(=O)O)C(C(=O)O)S(=O)(=O)O.CCCCOCC(CN1C(=O)NC(=O)C(CC)(c2ccccc2)C1=O)OC(N)=O. The summed E-state index contributed by atoms with van der Waals surface area (Å²) in [5, 5.41) is 19.6. The fourth-order valence-electron chi connectivity index (χ4n) is 8.87. The summed E-state index contributed by atoms with van der Waals surface area (Å²) in [6, 6.07) is 7.67. The van der Waals surface area contributed by atoms with E-state index < -0.39 is 68.2 Å². The van der Waals surface area contributed by atoms with E-state index in [0.29, 0.717) is 25.0 Å². The van der Waals surface area contributed by atoms with E-state index in [1.807, 2.05) is 6.92 Å². The van der Waals surface area contributed by atoms with Gasteiger partial charge in [-0.25, -0.2) is 9.59 Å². The first-order valence-electron chi connectivity index (χ1n) is 25.2. The molecule has 0 spiro atoms. The summed E-state index contributed by atoms with van der Waals surface area (Å²) in [5.74, 6) is -4.58. The molecule has 0 radical (unpaired) electrons. The molecular weight excluding hydrogens is 883 g/mol. The summed E-state index contributed by atoms with van der Waals surface area (Å²) in [6.07, 6.45) is 23.2. The number of benzene rings is 1. The van der Waals surface area contributed by atoms with Crippen molar-refractivity contribution in [1.29, 1.82) is 0 Å². The molecule has 16 nitrogen and oxygen atoms in total. The Morgan fingerprint density at radius 2 is 1.13 bits per heavy atom. The number of hydrogen-bond acceptors (Lipinski definition) is 10. The molecule has 0 aromatic heterocycles. The molecule has 1 saturated heterocycles. The van der Waals surface area contributed by atoms with Gasteiger partial charge in [0, 0.05) is 6.61 Å². The minimum atomic E-state index is -5.08. The van der Waals surface area contributed by atoms with Gasteiger partial charge in [0.1, 0.15) is 6.10 Å². The second-order valence-electron chi connectivity index (χ2n) is 18.1. The number of carboxylic acid groups (broad SMARTS) is 2. The van der Waals surface area contributed by atoms with Crippen LogP contribution in [0.3, 0.4) is 0 Å². The van der Waals surface area contributed by atoms with E-state index >= 15 is 0 Å². The van der Waals surface area contributed by atoms with Crippen molar-refractivity contribution in [2.24, 2.45) is 11.1 Å². The van der Waals surface area contributed by atoms with Gasteiger partial charge in [-0.2, -0.15) is 8.42 Å².